The molecule has 0 unspecified atom stereocenters. The van der Waals surface area contributed by atoms with E-state index in [1.165, 1.54) is 6.33 Å². The van der Waals surface area contributed by atoms with Gasteiger partial charge in [0, 0.05) is 23.6 Å². The summed E-state index contributed by atoms with van der Waals surface area (Å²) in [7, 11) is 0. The van der Waals surface area contributed by atoms with Gasteiger partial charge in [0.1, 0.15) is 17.4 Å². The number of nitrogen functional groups attached to an aromatic ring is 3. The molecule has 0 saturated heterocycles. The SMILES string of the molecule is CC(C)(C)n1cnc2c(N)ncnc21.CC(C)(C)n1nnc2c(N)ccnc21.CC(C)(C)n1nnc2c(N)nccc21.Cc1cc2c(cn1)nnn2C(C)(C)C. The van der Waals surface area contributed by atoms with Crippen LogP contribution in [0.5, 0.6) is 0 Å². The standard InChI is InChI=1S/C10H14N4.3C9H13N5/c1-7-5-9-8(6-11-7)12-13-14(9)10(2,3)4;1-9(2,3)14-5-13-6-7(10)11-4-12-8(6)14;1-9(2,3)14-6-4-5-11-8(10)7(6)12-13-14;1-9(2,3)14-8-7(12-13-14)6(10)4-5-11-8/h5-6H,1-4H3;4-5H,1-3H3,(H2,10,11,12);2*4-5H,1-3H3,(H2,10,11). The van der Waals surface area contributed by atoms with Crippen molar-refractivity contribution in [2.75, 3.05) is 17.2 Å². The highest BCUT2D eigenvalue weighted by Gasteiger charge is 2.21. The quantitative estimate of drug-likeness (QED) is 0.175. The predicted molar refractivity (Wildman–Crippen MR) is 219 cm³/mol. The van der Waals surface area contributed by atoms with E-state index in [-0.39, 0.29) is 22.2 Å². The summed E-state index contributed by atoms with van der Waals surface area (Å²) < 4.78 is 7.54. The second kappa shape index (κ2) is 15.0. The predicted octanol–water partition coefficient (Wildman–Crippen LogP) is 5.38. The number of pyridine rings is 3. The van der Waals surface area contributed by atoms with Gasteiger partial charge in [-0.1, -0.05) is 15.6 Å². The van der Waals surface area contributed by atoms with Crippen molar-refractivity contribution in [3.8, 4) is 0 Å². The maximum atomic E-state index is 5.76. The molecule has 0 aliphatic heterocycles. The molecule has 19 nitrogen and oxygen atoms in total. The van der Waals surface area contributed by atoms with Gasteiger partial charge in [0.25, 0.3) is 0 Å². The highest BCUT2D eigenvalue weighted by molar-refractivity contribution is 5.84. The van der Waals surface area contributed by atoms with Crippen LogP contribution in [0.2, 0.25) is 0 Å². The van der Waals surface area contributed by atoms with Crippen LogP contribution in [-0.2, 0) is 22.2 Å². The summed E-state index contributed by atoms with van der Waals surface area (Å²) in [6.45, 7) is 26.9. The van der Waals surface area contributed by atoms with Gasteiger partial charge in [0.05, 0.1) is 45.9 Å². The minimum atomic E-state index is -0.129. The monoisotopic (exact) mass is 763 g/mol. The Balaban J connectivity index is 0.000000143. The van der Waals surface area contributed by atoms with Crippen molar-refractivity contribution in [2.45, 2.75) is 112 Å². The van der Waals surface area contributed by atoms with Crippen LogP contribution in [0.25, 0.3) is 44.4 Å². The molecule has 0 aliphatic rings. The Morgan fingerprint density at radius 3 is 1.73 bits per heavy atom. The number of anilines is 3. The molecule has 6 N–H and O–H groups in total. The fourth-order valence-corrected chi connectivity index (χ4v) is 5.43. The maximum absolute atomic E-state index is 5.76. The van der Waals surface area contributed by atoms with Gasteiger partial charge in [-0.05, 0) is 108 Å². The molecule has 0 saturated carbocycles. The lowest BCUT2D eigenvalue weighted by Crippen LogP contribution is -2.23. The van der Waals surface area contributed by atoms with E-state index in [1.54, 1.807) is 35.7 Å². The third-order valence-electron chi connectivity index (χ3n) is 8.22. The number of aromatic nitrogens is 16. The highest BCUT2D eigenvalue weighted by atomic mass is 15.5. The molecule has 56 heavy (non-hydrogen) atoms. The van der Waals surface area contributed by atoms with Crippen molar-refractivity contribution in [1.29, 1.82) is 0 Å². The molecule has 0 fully saturated rings. The summed E-state index contributed by atoms with van der Waals surface area (Å²) in [6.07, 6.45) is 8.31. The molecule has 0 amide bonds. The van der Waals surface area contributed by atoms with E-state index >= 15 is 0 Å². The van der Waals surface area contributed by atoms with Crippen LogP contribution >= 0.6 is 0 Å². The third kappa shape index (κ3) is 8.76. The first-order valence-electron chi connectivity index (χ1n) is 18.0. The molecule has 8 aromatic rings. The van der Waals surface area contributed by atoms with Crippen molar-refractivity contribution < 1.29 is 0 Å². The number of hydrogen-bond acceptors (Lipinski definition) is 15. The number of fused-ring (bicyclic) bond motifs is 4. The Morgan fingerprint density at radius 1 is 0.518 bits per heavy atom. The second-order valence-electron chi connectivity index (χ2n) is 17.2. The minimum Gasteiger partial charge on any atom is -0.397 e. The molecule has 8 rings (SSSR count). The van der Waals surface area contributed by atoms with Gasteiger partial charge < -0.3 is 21.8 Å². The van der Waals surface area contributed by atoms with Crippen LogP contribution in [0.15, 0.2) is 49.4 Å². The average molecular weight is 764 g/mol. The summed E-state index contributed by atoms with van der Waals surface area (Å²) in [5.74, 6) is 0.857. The summed E-state index contributed by atoms with van der Waals surface area (Å²) in [5, 5.41) is 24.4. The van der Waals surface area contributed by atoms with E-state index in [1.807, 2.05) is 53.8 Å². The van der Waals surface area contributed by atoms with Gasteiger partial charge >= 0.3 is 0 Å². The fraction of sp³-hybridized carbons (Fsp3) is 0.459. The summed E-state index contributed by atoms with van der Waals surface area (Å²) in [4.78, 5) is 24.6. The zero-order valence-corrected chi connectivity index (χ0v) is 34.5. The average Bonchev–Trinajstić information content (AvgIpc) is 3.89. The summed E-state index contributed by atoms with van der Waals surface area (Å²) >= 11 is 0. The lowest BCUT2D eigenvalue weighted by Gasteiger charge is -2.20. The van der Waals surface area contributed by atoms with Crippen LogP contribution in [0.1, 0.15) is 88.8 Å². The van der Waals surface area contributed by atoms with E-state index in [2.05, 4.69) is 123 Å². The molecule has 0 atom stereocenters. The van der Waals surface area contributed by atoms with Gasteiger partial charge in [-0.2, -0.15) is 0 Å². The third-order valence-corrected chi connectivity index (χ3v) is 8.22. The zero-order valence-electron chi connectivity index (χ0n) is 34.5. The highest BCUT2D eigenvalue weighted by Crippen LogP contribution is 2.24. The Labute approximate surface area is 325 Å². The van der Waals surface area contributed by atoms with E-state index in [0.29, 0.717) is 33.9 Å². The summed E-state index contributed by atoms with van der Waals surface area (Å²) in [5.41, 5.74) is 24.8. The Hall–Kier alpha value is -6.40. The Morgan fingerprint density at radius 2 is 1.09 bits per heavy atom. The number of nitrogens with zero attached hydrogens (tertiary/aromatic N) is 16. The van der Waals surface area contributed by atoms with Crippen molar-refractivity contribution in [1.82, 2.24) is 79.5 Å². The number of hydrogen-bond donors (Lipinski definition) is 3. The van der Waals surface area contributed by atoms with Gasteiger partial charge in [0.2, 0.25) is 0 Å². The Kier molecular flexibility index (Phi) is 10.9. The topological polar surface area (TPSA) is 252 Å². The molecule has 296 valence electrons. The molecule has 0 radical (unpaired) electrons. The first-order chi connectivity index (χ1) is 26.0. The van der Waals surface area contributed by atoms with E-state index in [9.17, 15) is 0 Å². The largest absolute Gasteiger partial charge is 0.397 e. The second-order valence-corrected chi connectivity index (χ2v) is 17.2. The zero-order chi connectivity index (χ0) is 41.4. The maximum Gasteiger partial charge on any atom is 0.181 e. The molecule has 0 bridgehead atoms. The molecular formula is C37H53N19. The Bertz CT molecular complexity index is 2340. The van der Waals surface area contributed by atoms with Gasteiger partial charge in [-0.25, -0.2) is 39.0 Å². The number of imidazole rings is 1. The summed E-state index contributed by atoms with van der Waals surface area (Å²) in [6, 6.07) is 5.61. The minimum absolute atomic E-state index is 0.0391. The van der Waals surface area contributed by atoms with Crippen LogP contribution < -0.4 is 17.2 Å². The van der Waals surface area contributed by atoms with Crippen LogP contribution in [0, 0.1) is 6.92 Å². The van der Waals surface area contributed by atoms with Crippen LogP contribution in [0.4, 0.5) is 17.3 Å². The number of rotatable bonds is 0. The molecule has 8 heterocycles. The first kappa shape index (κ1) is 40.8. The number of nitrogens with two attached hydrogens (primary N) is 3. The molecule has 0 aromatic carbocycles. The van der Waals surface area contributed by atoms with Crippen molar-refractivity contribution >= 4 is 61.7 Å². The lowest BCUT2D eigenvalue weighted by molar-refractivity contribution is 0.356. The van der Waals surface area contributed by atoms with E-state index in [0.717, 1.165) is 33.5 Å². The fourth-order valence-electron chi connectivity index (χ4n) is 5.43. The molecule has 0 spiro atoms. The molecule has 8 aromatic heterocycles. The van der Waals surface area contributed by atoms with E-state index < -0.39 is 0 Å². The van der Waals surface area contributed by atoms with Gasteiger partial charge in [-0.3, -0.25) is 4.98 Å². The van der Waals surface area contributed by atoms with Crippen LogP contribution in [0.3, 0.4) is 0 Å². The van der Waals surface area contributed by atoms with Crippen LogP contribution in [-0.4, -0.2) is 79.5 Å². The van der Waals surface area contributed by atoms with Gasteiger partial charge in [-0.15, -0.1) is 15.3 Å². The smallest absolute Gasteiger partial charge is 0.181 e. The van der Waals surface area contributed by atoms with Crippen molar-refractivity contribution in [2.24, 2.45) is 0 Å². The van der Waals surface area contributed by atoms with Crippen molar-refractivity contribution in [3.05, 3.63) is 55.1 Å². The van der Waals surface area contributed by atoms with Gasteiger partial charge in [0.15, 0.2) is 34.0 Å². The first-order valence-corrected chi connectivity index (χ1v) is 18.0. The molecule has 0 aliphatic carbocycles. The van der Waals surface area contributed by atoms with E-state index in [4.69, 9.17) is 17.2 Å². The normalized spacial score (nSPS) is 12.2. The molecule has 19 heteroatoms. The number of aryl methyl sites for hydroxylation is 1. The van der Waals surface area contributed by atoms with Crippen molar-refractivity contribution in [3.63, 3.8) is 0 Å². The molecular weight excluding hydrogens is 711 g/mol. The lowest BCUT2D eigenvalue weighted by atomic mass is 10.1.